The molecule has 0 amide bonds. The van der Waals surface area contributed by atoms with E-state index in [2.05, 4.69) is 21.4 Å². The fourth-order valence-corrected chi connectivity index (χ4v) is 3.35. The fourth-order valence-electron chi connectivity index (χ4n) is 3.01. The van der Waals surface area contributed by atoms with Crippen molar-refractivity contribution in [1.29, 1.82) is 0 Å². The summed E-state index contributed by atoms with van der Waals surface area (Å²) in [5, 5.41) is 13.0. The highest BCUT2D eigenvalue weighted by atomic mass is 32.2. The van der Waals surface area contributed by atoms with E-state index in [4.69, 9.17) is 9.84 Å². The van der Waals surface area contributed by atoms with Crippen molar-refractivity contribution >= 4 is 29.6 Å². The normalized spacial score (nSPS) is 16.0. The monoisotopic (exact) mass is 357 g/mol. The van der Waals surface area contributed by atoms with E-state index >= 15 is 0 Å². The maximum absolute atomic E-state index is 10.8. The number of hydrogen-bond acceptors (Lipinski definition) is 6. The van der Waals surface area contributed by atoms with Gasteiger partial charge in [-0.05, 0) is 36.8 Å². The molecule has 25 heavy (non-hydrogen) atoms. The topological polar surface area (TPSA) is 84.3 Å². The molecule has 0 spiro atoms. The smallest absolute Gasteiger partial charge is 0.328 e. The van der Waals surface area contributed by atoms with Gasteiger partial charge in [0.15, 0.2) is 5.16 Å². The molecular formula is C18H19N3O3S. The van der Waals surface area contributed by atoms with Crippen molar-refractivity contribution in [2.24, 2.45) is 0 Å². The van der Waals surface area contributed by atoms with Crippen LogP contribution in [0.15, 0.2) is 35.6 Å². The molecule has 0 saturated carbocycles. The Bertz CT molecular complexity index is 823. The van der Waals surface area contributed by atoms with Crippen LogP contribution in [-0.2, 0) is 11.2 Å². The molecule has 1 unspecified atom stereocenters. The first kappa shape index (κ1) is 17.3. The Labute approximate surface area is 150 Å². The van der Waals surface area contributed by atoms with Gasteiger partial charge in [-0.15, -0.1) is 0 Å². The summed E-state index contributed by atoms with van der Waals surface area (Å²) in [5.41, 5.74) is 3.05. The number of carbonyl (C=O) groups is 1. The zero-order valence-corrected chi connectivity index (χ0v) is 14.8. The minimum atomic E-state index is -1.01. The van der Waals surface area contributed by atoms with Gasteiger partial charge < -0.3 is 15.2 Å². The lowest BCUT2D eigenvalue weighted by atomic mass is 10.1. The number of benzene rings is 1. The van der Waals surface area contributed by atoms with Crippen LogP contribution in [0.3, 0.4) is 0 Å². The van der Waals surface area contributed by atoms with Crippen molar-refractivity contribution < 1.29 is 14.6 Å². The predicted octanol–water partition coefficient (Wildman–Crippen LogP) is 3.40. The number of carboxylic acid groups (broad SMARTS) is 1. The van der Waals surface area contributed by atoms with E-state index in [0.29, 0.717) is 16.5 Å². The number of aryl methyl sites for hydroxylation is 1. The van der Waals surface area contributed by atoms with Gasteiger partial charge in [-0.3, -0.25) is 0 Å². The van der Waals surface area contributed by atoms with Crippen LogP contribution >= 0.6 is 11.8 Å². The Kier molecular flexibility index (Phi) is 5.23. The van der Waals surface area contributed by atoms with Crippen LogP contribution in [0.25, 0.3) is 6.08 Å². The van der Waals surface area contributed by atoms with Gasteiger partial charge in [0, 0.05) is 23.4 Å². The Morgan fingerprint density at radius 2 is 2.32 bits per heavy atom. The lowest BCUT2D eigenvalue weighted by Gasteiger charge is -2.19. The summed E-state index contributed by atoms with van der Waals surface area (Å²) in [6, 6.07) is 6.13. The highest BCUT2D eigenvalue weighted by Crippen LogP contribution is 2.40. The van der Waals surface area contributed by atoms with Crippen molar-refractivity contribution in [2.75, 3.05) is 18.7 Å². The summed E-state index contributed by atoms with van der Waals surface area (Å²) < 4.78 is 5.51. The molecule has 1 heterocycles. The van der Waals surface area contributed by atoms with E-state index in [9.17, 15) is 4.79 Å². The quantitative estimate of drug-likeness (QED) is 0.465. The van der Waals surface area contributed by atoms with Crippen LogP contribution in [0, 0.1) is 0 Å². The Balaban J connectivity index is 1.95. The second-order valence-corrected chi connectivity index (χ2v) is 6.37. The van der Waals surface area contributed by atoms with Crippen LogP contribution in [0.1, 0.15) is 29.2 Å². The van der Waals surface area contributed by atoms with Crippen molar-refractivity contribution in [3.63, 3.8) is 0 Å². The molecule has 2 N–H and O–H groups in total. The van der Waals surface area contributed by atoms with Gasteiger partial charge in [0.25, 0.3) is 0 Å². The molecule has 7 heteroatoms. The summed E-state index contributed by atoms with van der Waals surface area (Å²) in [6.07, 6.45) is 8.03. The third-order valence-electron chi connectivity index (χ3n) is 4.12. The van der Waals surface area contributed by atoms with Crippen LogP contribution in [-0.4, -0.2) is 34.4 Å². The summed E-state index contributed by atoms with van der Waals surface area (Å²) in [6.45, 7) is 0. The molecule has 1 aliphatic carbocycles. The first-order chi connectivity index (χ1) is 12.1. The van der Waals surface area contributed by atoms with Crippen LogP contribution < -0.4 is 10.1 Å². The number of fused-ring (bicyclic) bond motifs is 1. The number of thioether (sulfide) groups is 1. The molecule has 1 atom stereocenters. The molecule has 3 rings (SSSR count). The number of methoxy groups -OCH3 is 1. The second kappa shape index (κ2) is 7.57. The molecule has 6 nitrogen and oxygen atoms in total. The van der Waals surface area contributed by atoms with Gasteiger partial charge in [0.05, 0.1) is 13.2 Å². The fraction of sp³-hybridized carbons (Fsp3) is 0.278. The lowest BCUT2D eigenvalue weighted by Crippen LogP contribution is -2.11. The summed E-state index contributed by atoms with van der Waals surface area (Å²) in [4.78, 5) is 19.6. The molecule has 0 aliphatic heterocycles. The average Bonchev–Trinajstić information content (AvgIpc) is 3.03. The van der Waals surface area contributed by atoms with Crippen molar-refractivity contribution in [3.8, 4) is 5.75 Å². The van der Waals surface area contributed by atoms with Crippen LogP contribution in [0.4, 0.5) is 5.82 Å². The van der Waals surface area contributed by atoms with Gasteiger partial charge >= 0.3 is 5.97 Å². The molecule has 0 saturated heterocycles. The number of ether oxygens (including phenoxy) is 1. The molecule has 0 radical (unpaired) electrons. The van der Waals surface area contributed by atoms with Crippen molar-refractivity contribution in [1.82, 2.24) is 9.97 Å². The van der Waals surface area contributed by atoms with E-state index < -0.39 is 5.97 Å². The molecule has 0 bridgehead atoms. The van der Waals surface area contributed by atoms with Gasteiger partial charge in [0.2, 0.25) is 0 Å². The Hall–Kier alpha value is -2.54. The van der Waals surface area contributed by atoms with Gasteiger partial charge in [0.1, 0.15) is 11.6 Å². The van der Waals surface area contributed by atoms with Crippen molar-refractivity contribution in [2.45, 2.75) is 24.0 Å². The SMILES string of the molecule is COc1cccc2c1C(Nc1nc(SC)ncc1C=CC(=O)O)CC2. The number of hydrogen-bond donors (Lipinski definition) is 2. The highest BCUT2D eigenvalue weighted by Gasteiger charge is 2.26. The maximum atomic E-state index is 10.8. The zero-order chi connectivity index (χ0) is 17.8. The van der Waals surface area contributed by atoms with E-state index in [1.54, 1.807) is 13.3 Å². The second-order valence-electron chi connectivity index (χ2n) is 5.60. The number of anilines is 1. The molecule has 1 aromatic carbocycles. The molecular weight excluding hydrogens is 338 g/mol. The van der Waals surface area contributed by atoms with Gasteiger partial charge in [-0.2, -0.15) is 0 Å². The molecule has 1 aromatic heterocycles. The van der Waals surface area contributed by atoms with Crippen molar-refractivity contribution in [3.05, 3.63) is 47.2 Å². The van der Waals surface area contributed by atoms with Gasteiger partial charge in [-0.1, -0.05) is 23.9 Å². The molecule has 130 valence electrons. The number of rotatable bonds is 6. The number of aromatic nitrogens is 2. The first-order valence-corrected chi connectivity index (χ1v) is 9.09. The maximum Gasteiger partial charge on any atom is 0.328 e. The molecule has 1 aliphatic rings. The van der Waals surface area contributed by atoms with E-state index in [1.165, 1.54) is 23.4 Å². The number of carboxylic acids is 1. The van der Waals surface area contributed by atoms with E-state index in [0.717, 1.165) is 30.2 Å². The van der Waals surface area contributed by atoms with Crippen LogP contribution in [0.5, 0.6) is 5.75 Å². The minimum absolute atomic E-state index is 0.0627. The van der Waals surface area contributed by atoms with E-state index in [1.807, 2.05) is 18.4 Å². The average molecular weight is 357 g/mol. The Morgan fingerprint density at radius 3 is 3.04 bits per heavy atom. The number of nitrogens with zero attached hydrogens (tertiary/aromatic N) is 2. The standard InChI is InChI=1S/C18H19N3O3S/c1-24-14-5-3-4-11-6-8-13(16(11)14)20-17-12(7-9-15(22)23)10-19-18(21-17)25-2/h3-5,7,9-10,13H,6,8H2,1-2H3,(H,22,23)(H,19,20,21). The first-order valence-electron chi connectivity index (χ1n) is 7.86. The summed E-state index contributed by atoms with van der Waals surface area (Å²) >= 11 is 1.44. The number of nitrogens with one attached hydrogen (secondary N) is 1. The van der Waals surface area contributed by atoms with Gasteiger partial charge in [-0.25, -0.2) is 14.8 Å². The minimum Gasteiger partial charge on any atom is -0.496 e. The highest BCUT2D eigenvalue weighted by molar-refractivity contribution is 7.98. The Morgan fingerprint density at radius 1 is 1.48 bits per heavy atom. The van der Waals surface area contributed by atoms with Crippen LogP contribution in [0.2, 0.25) is 0 Å². The third kappa shape index (κ3) is 3.76. The lowest BCUT2D eigenvalue weighted by molar-refractivity contribution is -0.131. The van der Waals surface area contributed by atoms with E-state index in [-0.39, 0.29) is 6.04 Å². The predicted molar refractivity (Wildman–Crippen MR) is 98.2 cm³/mol. The third-order valence-corrected chi connectivity index (χ3v) is 4.68. The largest absolute Gasteiger partial charge is 0.496 e. The summed E-state index contributed by atoms with van der Waals surface area (Å²) in [5.74, 6) is 0.475. The zero-order valence-electron chi connectivity index (χ0n) is 14.0. The summed E-state index contributed by atoms with van der Waals surface area (Å²) in [7, 11) is 1.67. The molecule has 0 fully saturated rings. The molecule has 2 aromatic rings. The number of aliphatic carboxylic acids is 1.